The van der Waals surface area contributed by atoms with Gasteiger partial charge in [-0.15, -0.1) is 0 Å². The minimum Gasteiger partial charge on any atom is -0.294 e. The average molecular weight is 270 g/mol. The summed E-state index contributed by atoms with van der Waals surface area (Å²) >= 11 is 6.56. The van der Waals surface area contributed by atoms with Crippen LogP contribution in [0.5, 0.6) is 0 Å². The minimum atomic E-state index is -0.620. The lowest BCUT2D eigenvalue weighted by atomic mass is 10.1. The van der Waals surface area contributed by atoms with Gasteiger partial charge in [-0.25, -0.2) is 0 Å². The number of Topliss-reactive ketones (excluding diaryl/α,β-unsaturated/α-hetero) is 1. The fourth-order valence-corrected chi connectivity index (χ4v) is 2.39. The Kier molecular flexibility index (Phi) is 3.49. The van der Waals surface area contributed by atoms with Crippen LogP contribution in [-0.2, 0) is 4.79 Å². The van der Waals surface area contributed by atoms with Crippen molar-refractivity contribution in [1.82, 2.24) is 5.32 Å². The van der Waals surface area contributed by atoms with Gasteiger partial charge in [-0.2, -0.15) is 0 Å². The highest BCUT2D eigenvalue weighted by molar-refractivity contribution is 8.15. The van der Waals surface area contributed by atoms with E-state index < -0.39 is 16.4 Å². The number of ketones is 1. The molecule has 2 amide bonds. The van der Waals surface area contributed by atoms with Crippen molar-refractivity contribution in [3.05, 3.63) is 34.9 Å². The highest BCUT2D eigenvalue weighted by Gasteiger charge is 2.33. The Morgan fingerprint density at radius 1 is 1.29 bits per heavy atom. The topological polar surface area (TPSA) is 63.2 Å². The van der Waals surface area contributed by atoms with Crippen molar-refractivity contribution < 1.29 is 14.4 Å². The third-order valence-electron chi connectivity index (χ3n) is 2.30. The highest BCUT2D eigenvalue weighted by atomic mass is 35.5. The monoisotopic (exact) mass is 269 g/mol. The predicted molar refractivity (Wildman–Crippen MR) is 65.3 cm³/mol. The van der Waals surface area contributed by atoms with E-state index in [-0.39, 0.29) is 12.2 Å². The number of halogens is 1. The summed E-state index contributed by atoms with van der Waals surface area (Å²) in [6.07, 6.45) is 0.0177. The number of nitrogens with one attached hydrogen (secondary N) is 1. The van der Waals surface area contributed by atoms with E-state index in [1.165, 1.54) is 0 Å². The molecule has 6 heteroatoms. The number of hydrogen-bond acceptors (Lipinski definition) is 4. The van der Waals surface area contributed by atoms with Crippen molar-refractivity contribution in [3.63, 3.8) is 0 Å². The first-order chi connectivity index (χ1) is 8.06. The van der Waals surface area contributed by atoms with E-state index >= 15 is 0 Å². The molecular formula is C11H8ClNO3S. The zero-order valence-corrected chi connectivity index (χ0v) is 10.2. The number of carbonyl (C=O) groups excluding carboxylic acids is 3. The Balaban J connectivity index is 2.04. The van der Waals surface area contributed by atoms with Crippen LogP contribution in [0.15, 0.2) is 24.3 Å². The number of benzene rings is 1. The molecule has 0 saturated carbocycles. The van der Waals surface area contributed by atoms with E-state index in [4.69, 9.17) is 11.6 Å². The Morgan fingerprint density at radius 2 is 1.94 bits per heavy atom. The lowest BCUT2D eigenvalue weighted by Crippen LogP contribution is -2.25. The van der Waals surface area contributed by atoms with Crippen LogP contribution in [0.25, 0.3) is 0 Å². The van der Waals surface area contributed by atoms with Gasteiger partial charge in [-0.05, 0) is 24.3 Å². The summed E-state index contributed by atoms with van der Waals surface area (Å²) in [5, 5.41) is 1.67. The quantitative estimate of drug-likeness (QED) is 0.855. The van der Waals surface area contributed by atoms with E-state index in [0.29, 0.717) is 10.6 Å². The molecule has 1 N–H and O–H groups in total. The summed E-state index contributed by atoms with van der Waals surface area (Å²) in [6.45, 7) is 0. The van der Waals surface area contributed by atoms with Crippen LogP contribution in [0, 0.1) is 0 Å². The molecule has 0 radical (unpaired) electrons. The second kappa shape index (κ2) is 4.89. The Hall–Kier alpha value is -1.33. The first-order valence-corrected chi connectivity index (χ1v) is 6.12. The van der Waals surface area contributed by atoms with Crippen molar-refractivity contribution in [2.24, 2.45) is 0 Å². The summed E-state index contributed by atoms with van der Waals surface area (Å²) in [7, 11) is 0. The van der Waals surface area contributed by atoms with Gasteiger partial charge in [-0.3, -0.25) is 19.7 Å². The fourth-order valence-electron chi connectivity index (χ4n) is 1.45. The van der Waals surface area contributed by atoms with Crippen LogP contribution >= 0.6 is 23.4 Å². The van der Waals surface area contributed by atoms with Gasteiger partial charge in [0.25, 0.3) is 5.24 Å². The van der Waals surface area contributed by atoms with Gasteiger partial charge < -0.3 is 0 Å². The van der Waals surface area contributed by atoms with Crippen molar-refractivity contribution in [2.45, 2.75) is 11.7 Å². The minimum absolute atomic E-state index is 0.0177. The van der Waals surface area contributed by atoms with Crippen LogP contribution in [0.1, 0.15) is 16.8 Å². The average Bonchev–Trinajstić information content (AvgIpc) is 2.58. The maximum Gasteiger partial charge on any atom is 0.286 e. The lowest BCUT2D eigenvalue weighted by Gasteiger charge is -2.04. The normalized spacial score (nSPS) is 19.2. The van der Waals surface area contributed by atoms with E-state index in [9.17, 15) is 14.4 Å². The summed E-state index contributed by atoms with van der Waals surface area (Å²) in [4.78, 5) is 34.0. The predicted octanol–water partition coefficient (Wildman–Crippen LogP) is 2.26. The molecule has 1 atom stereocenters. The first kappa shape index (κ1) is 12.1. The molecule has 17 heavy (non-hydrogen) atoms. The molecule has 0 bridgehead atoms. The molecule has 1 aromatic rings. The maximum absolute atomic E-state index is 11.8. The van der Waals surface area contributed by atoms with Gasteiger partial charge in [0, 0.05) is 17.0 Å². The van der Waals surface area contributed by atoms with Gasteiger partial charge in [0.1, 0.15) is 5.25 Å². The number of amides is 2. The standard InChI is InChI=1S/C11H8ClNO3S/c12-7-3-1-6(2-4-7)8(14)5-9-10(15)13-11(16)17-9/h1-4,9H,5H2,(H,13,15,16). The van der Waals surface area contributed by atoms with Crippen LogP contribution in [-0.4, -0.2) is 22.2 Å². The van der Waals surface area contributed by atoms with Crippen LogP contribution in [0.2, 0.25) is 5.02 Å². The number of thioether (sulfide) groups is 1. The summed E-state index contributed by atoms with van der Waals surface area (Å²) in [5.74, 6) is -0.577. The zero-order valence-electron chi connectivity index (χ0n) is 8.60. The Labute approximate surface area is 107 Å². The molecule has 1 aliphatic rings. The fraction of sp³-hybridized carbons (Fsp3) is 0.182. The summed E-state index contributed by atoms with van der Waals surface area (Å²) < 4.78 is 0. The molecule has 88 valence electrons. The van der Waals surface area contributed by atoms with Gasteiger partial charge in [-0.1, -0.05) is 23.4 Å². The molecule has 0 spiro atoms. The molecule has 1 aliphatic heterocycles. The molecule has 1 fully saturated rings. The molecule has 1 unspecified atom stereocenters. The van der Waals surface area contributed by atoms with Gasteiger partial charge in [0.15, 0.2) is 5.78 Å². The maximum atomic E-state index is 11.8. The molecule has 0 aromatic heterocycles. The Bertz CT molecular complexity index is 486. The second-order valence-corrected chi connectivity index (χ2v) is 5.13. The van der Waals surface area contributed by atoms with Crippen molar-refractivity contribution in [2.75, 3.05) is 0 Å². The second-order valence-electron chi connectivity index (χ2n) is 3.52. The van der Waals surface area contributed by atoms with Crippen LogP contribution in [0.3, 0.4) is 0 Å². The van der Waals surface area contributed by atoms with E-state index in [1.54, 1.807) is 24.3 Å². The van der Waals surface area contributed by atoms with Gasteiger partial charge in [0.05, 0.1) is 0 Å². The van der Waals surface area contributed by atoms with Crippen molar-refractivity contribution in [1.29, 1.82) is 0 Å². The zero-order chi connectivity index (χ0) is 12.4. The molecular weight excluding hydrogens is 262 g/mol. The molecule has 1 heterocycles. The smallest absolute Gasteiger partial charge is 0.286 e. The Morgan fingerprint density at radius 3 is 2.47 bits per heavy atom. The number of hydrogen-bond donors (Lipinski definition) is 1. The largest absolute Gasteiger partial charge is 0.294 e. The highest BCUT2D eigenvalue weighted by Crippen LogP contribution is 2.23. The lowest BCUT2D eigenvalue weighted by molar-refractivity contribution is -0.118. The van der Waals surface area contributed by atoms with Gasteiger partial charge >= 0.3 is 0 Å². The number of rotatable bonds is 3. The van der Waals surface area contributed by atoms with Crippen LogP contribution < -0.4 is 5.32 Å². The third-order valence-corrected chi connectivity index (χ3v) is 3.54. The molecule has 4 nitrogen and oxygen atoms in total. The number of imide groups is 1. The van der Waals surface area contributed by atoms with Crippen molar-refractivity contribution in [3.8, 4) is 0 Å². The van der Waals surface area contributed by atoms with E-state index in [0.717, 1.165) is 11.8 Å². The van der Waals surface area contributed by atoms with E-state index in [1.807, 2.05) is 0 Å². The molecule has 2 rings (SSSR count). The van der Waals surface area contributed by atoms with E-state index in [2.05, 4.69) is 5.32 Å². The summed E-state index contributed by atoms with van der Waals surface area (Å²) in [6, 6.07) is 6.43. The SMILES string of the molecule is O=C1NC(=O)C(CC(=O)c2ccc(Cl)cc2)S1. The van der Waals surface area contributed by atoms with Gasteiger partial charge in [0.2, 0.25) is 5.91 Å². The molecule has 1 saturated heterocycles. The molecule has 0 aliphatic carbocycles. The molecule has 1 aromatic carbocycles. The number of carbonyl (C=O) groups is 3. The third kappa shape index (κ3) is 2.87. The first-order valence-electron chi connectivity index (χ1n) is 4.86. The summed E-state index contributed by atoms with van der Waals surface area (Å²) in [5.41, 5.74) is 0.488. The van der Waals surface area contributed by atoms with Crippen molar-refractivity contribution >= 4 is 40.3 Å². The van der Waals surface area contributed by atoms with Crippen LogP contribution in [0.4, 0.5) is 4.79 Å².